The van der Waals surface area contributed by atoms with E-state index in [0.29, 0.717) is 50.0 Å². The average molecular weight is 698 g/mol. The molecule has 1 fully saturated rings. The van der Waals surface area contributed by atoms with Gasteiger partial charge in [-0.3, -0.25) is 4.79 Å². The number of para-hydroxylation sites is 1. The molecular weight excluding hydrogens is 650 g/mol. The molecule has 3 heterocycles. The highest BCUT2D eigenvalue weighted by molar-refractivity contribution is 7.14. The van der Waals surface area contributed by atoms with E-state index in [1.807, 2.05) is 70.0 Å². The van der Waals surface area contributed by atoms with Gasteiger partial charge in [-0.1, -0.05) is 42.8 Å². The second-order valence-corrected chi connectivity index (χ2v) is 15.9. The third-order valence-electron chi connectivity index (χ3n) is 8.50. The number of carbonyl (C=O) groups excluding carboxylic acids is 2. The van der Waals surface area contributed by atoms with Crippen LogP contribution >= 0.6 is 22.9 Å². The standard InChI is InChI=1S/C37H48ClN3O6S/c1-23-19-41(35(43)47-37(5,6)7)16-14-25-13-12-24(18-28(23)25)21-45-32-26(10-9-11-29(32)38)30-22-48-34(39-30)40-17-15-27(31(20-40)44-8)33(42)46-36(2,3)4/h9-13,18,22-23,27,31H,14-17,19-21H2,1-8H3/t23-,27-,31+/m1/s1. The Morgan fingerprint density at radius 3 is 2.48 bits per heavy atom. The molecule has 9 nitrogen and oxygen atoms in total. The van der Waals surface area contributed by atoms with E-state index in [1.165, 1.54) is 11.1 Å². The second-order valence-electron chi connectivity index (χ2n) is 14.7. The molecule has 1 saturated heterocycles. The molecule has 2 aliphatic heterocycles. The van der Waals surface area contributed by atoms with Crippen molar-refractivity contribution in [1.29, 1.82) is 0 Å². The molecule has 11 heteroatoms. The van der Waals surface area contributed by atoms with Crippen LogP contribution in [0.1, 0.15) is 77.5 Å². The molecule has 1 aromatic heterocycles. The lowest BCUT2D eigenvalue weighted by molar-refractivity contribution is -0.165. The number of esters is 1. The van der Waals surface area contributed by atoms with Crippen molar-refractivity contribution in [3.8, 4) is 17.0 Å². The highest BCUT2D eigenvalue weighted by Crippen LogP contribution is 2.39. The Morgan fingerprint density at radius 1 is 1.02 bits per heavy atom. The summed E-state index contributed by atoms with van der Waals surface area (Å²) in [6.07, 6.45) is 0.817. The van der Waals surface area contributed by atoms with E-state index in [0.717, 1.165) is 28.4 Å². The number of piperidine rings is 1. The molecule has 0 N–H and O–H groups in total. The number of methoxy groups -OCH3 is 1. The number of thiazole rings is 1. The summed E-state index contributed by atoms with van der Waals surface area (Å²) < 4.78 is 23.5. The van der Waals surface area contributed by atoms with Gasteiger partial charge in [0.25, 0.3) is 0 Å². The summed E-state index contributed by atoms with van der Waals surface area (Å²) in [4.78, 5) is 34.6. The number of nitrogens with zero attached hydrogens (tertiary/aromatic N) is 3. The Morgan fingerprint density at radius 2 is 1.77 bits per heavy atom. The smallest absolute Gasteiger partial charge is 0.410 e. The van der Waals surface area contributed by atoms with Crippen LogP contribution in [0.25, 0.3) is 11.3 Å². The van der Waals surface area contributed by atoms with Crippen LogP contribution in [-0.2, 0) is 32.0 Å². The van der Waals surface area contributed by atoms with Crippen molar-refractivity contribution in [3.63, 3.8) is 0 Å². The maximum atomic E-state index is 12.9. The fourth-order valence-corrected chi connectivity index (χ4v) is 7.30. The minimum Gasteiger partial charge on any atom is -0.487 e. The van der Waals surface area contributed by atoms with Gasteiger partial charge in [0.15, 0.2) is 5.13 Å². The first-order valence-corrected chi connectivity index (χ1v) is 17.8. The number of rotatable bonds is 7. The number of halogens is 1. The number of carbonyl (C=O) groups is 2. The zero-order valence-electron chi connectivity index (χ0n) is 29.3. The van der Waals surface area contributed by atoms with Crippen LogP contribution in [0.2, 0.25) is 5.02 Å². The minimum absolute atomic E-state index is 0.145. The molecule has 2 aliphatic rings. The second kappa shape index (κ2) is 14.6. The first-order valence-electron chi connectivity index (χ1n) is 16.6. The lowest BCUT2D eigenvalue weighted by Crippen LogP contribution is -2.49. The number of hydrogen-bond donors (Lipinski definition) is 0. The molecule has 0 unspecified atom stereocenters. The van der Waals surface area contributed by atoms with Gasteiger partial charge in [-0.05, 0) is 89.1 Å². The van der Waals surface area contributed by atoms with Crippen molar-refractivity contribution in [1.82, 2.24) is 9.88 Å². The van der Waals surface area contributed by atoms with E-state index in [-0.39, 0.29) is 30.0 Å². The molecule has 48 heavy (non-hydrogen) atoms. The van der Waals surface area contributed by atoms with Crippen LogP contribution in [0.5, 0.6) is 5.75 Å². The van der Waals surface area contributed by atoms with Gasteiger partial charge in [0, 0.05) is 44.2 Å². The topological polar surface area (TPSA) is 90.4 Å². The maximum Gasteiger partial charge on any atom is 0.410 e. The quantitative estimate of drug-likeness (QED) is 0.229. The molecule has 5 rings (SSSR count). The van der Waals surface area contributed by atoms with Gasteiger partial charge in [0.05, 0.1) is 22.7 Å². The van der Waals surface area contributed by atoms with E-state index < -0.39 is 11.2 Å². The summed E-state index contributed by atoms with van der Waals surface area (Å²) in [7, 11) is 1.64. The van der Waals surface area contributed by atoms with Gasteiger partial charge >= 0.3 is 12.1 Å². The van der Waals surface area contributed by atoms with Crippen LogP contribution in [0.3, 0.4) is 0 Å². The van der Waals surface area contributed by atoms with E-state index >= 15 is 0 Å². The van der Waals surface area contributed by atoms with Crippen LogP contribution in [-0.4, -0.2) is 72.5 Å². The number of hydrogen-bond acceptors (Lipinski definition) is 9. The molecule has 0 aliphatic carbocycles. The van der Waals surface area contributed by atoms with Crippen LogP contribution in [0, 0.1) is 5.92 Å². The predicted molar refractivity (Wildman–Crippen MR) is 190 cm³/mol. The number of benzene rings is 2. The fraction of sp³-hybridized carbons (Fsp3) is 0.541. The molecule has 260 valence electrons. The molecule has 0 saturated carbocycles. The van der Waals surface area contributed by atoms with Crippen LogP contribution in [0.4, 0.5) is 9.93 Å². The Balaban J connectivity index is 1.27. The molecule has 1 amide bonds. The van der Waals surface area contributed by atoms with Gasteiger partial charge in [0.2, 0.25) is 0 Å². The summed E-state index contributed by atoms with van der Waals surface area (Å²) in [5.74, 6) is 0.179. The number of anilines is 1. The van der Waals surface area contributed by atoms with Crippen LogP contribution in [0.15, 0.2) is 41.8 Å². The van der Waals surface area contributed by atoms with Crippen molar-refractivity contribution in [2.45, 2.75) is 91.1 Å². The molecule has 3 atom stereocenters. The van der Waals surface area contributed by atoms with E-state index in [1.54, 1.807) is 18.4 Å². The first-order chi connectivity index (χ1) is 22.6. The summed E-state index contributed by atoms with van der Waals surface area (Å²) in [5.41, 5.74) is 3.98. The van der Waals surface area contributed by atoms with Crippen molar-refractivity contribution in [3.05, 3.63) is 63.5 Å². The molecule has 0 bridgehead atoms. The summed E-state index contributed by atoms with van der Waals surface area (Å²) in [5, 5.41) is 3.37. The maximum absolute atomic E-state index is 12.9. The number of amides is 1. The molecule has 3 aromatic rings. The van der Waals surface area contributed by atoms with Crippen molar-refractivity contribution in [2.75, 3.05) is 38.2 Å². The Labute approximate surface area is 293 Å². The molecule has 0 spiro atoms. The van der Waals surface area contributed by atoms with E-state index in [4.69, 9.17) is 35.5 Å². The Hall–Kier alpha value is -3.34. The van der Waals surface area contributed by atoms with Crippen molar-refractivity contribution in [2.24, 2.45) is 5.92 Å². The third kappa shape index (κ3) is 8.81. The van der Waals surface area contributed by atoms with E-state index in [2.05, 4.69) is 30.0 Å². The normalized spacial score (nSPS) is 20.1. The number of ether oxygens (including phenoxy) is 4. The van der Waals surface area contributed by atoms with Gasteiger partial charge < -0.3 is 28.7 Å². The van der Waals surface area contributed by atoms with Gasteiger partial charge in [0.1, 0.15) is 23.6 Å². The largest absolute Gasteiger partial charge is 0.487 e. The Kier molecular flexibility index (Phi) is 11.0. The van der Waals surface area contributed by atoms with Crippen molar-refractivity contribution < 1.29 is 28.5 Å². The minimum atomic E-state index is -0.545. The average Bonchev–Trinajstić information content (AvgIpc) is 3.44. The first kappa shape index (κ1) is 36.0. The lowest BCUT2D eigenvalue weighted by atomic mass is 9.93. The highest BCUT2D eigenvalue weighted by Gasteiger charge is 2.38. The summed E-state index contributed by atoms with van der Waals surface area (Å²) >= 11 is 8.25. The van der Waals surface area contributed by atoms with Gasteiger partial charge in [-0.15, -0.1) is 11.3 Å². The Bertz CT molecular complexity index is 1610. The summed E-state index contributed by atoms with van der Waals surface area (Å²) in [6.45, 7) is 16.2. The van der Waals surface area contributed by atoms with Crippen molar-refractivity contribution >= 4 is 40.1 Å². The molecule has 0 radical (unpaired) electrons. The van der Waals surface area contributed by atoms with Gasteiger partial charge in [-0.2, -0.15) is 0 Å². The zero-order valence-corrected chi connectivity index (χ0v) is 30.9. The third-order valence-corrected chi connectivity index (χ3v) is 9.70. The number of fused-ring (bicyclic) bond motifs is 1. The SMILES string of the molecule is CO[C@H]1CN(c2nc(-c3cccc(Cl)c3OCc3ccc4c(c3)[C@H](C)CN(C(=O)OC(C)(C)C)CC4)cs2)CC[C@H]1C(=O)OC(C)(C)C. The van der Waals surface area contributed by atoms with Gasteiger partial charge in [-0.25, -0.2) is 9.78 Å². The zero-order chi connectivity index (χ0) is 34.8. The highest BCUT2D eigenvalue weighted by atomic mass is 35.5. The molecular formula is C37H48ClN3O6S. The molecule has 2 aromatic carbocycles. The fourth-order valence-electron chi connectivity index (χ4n) is 6.21. The monoisotopic (exact) mass is 697 g/mol. The number of aromatic nitrogens is 1. The predicted octanol–water partition coefficient (Wildman–Crippen LogP) is 8.12. The van der Waals surface area contributed by atoms with E-state index in [9.17, 15) is 9.59 Å². The summed E-state index contributed by atoms with van der Waals surface area (Å²) in [6, 6.07) is 12.1. The van der Waals surface area contributed by atoms with Crippen LogP contribution < -0.4 is 9.64 Å². The lowest BCUT2D eigenvalue weighted by Gasteiger charge is -2.37.